The number of carbonyl (C=O) groups is 1. The predicted molar refractivity (Wildman–Crippen MR) is 112 cm³/mol. The molecule has 1 N–H and O–H groups in total. The van der Waals surface area contributed by atoms with Crippen LogP contribution in [0.1, 0.15) is 15.9 Å². The lowest BCUT2D eigenvalue weighted by molar-refractivity contribution is 0.0952. The minimum atomic E-state index is -0.297. The number of nitrogens with zero attached hydrogens (tertiary/aromatic N) is 1. The molecule has 1 aromatic heterocycles. The van der Waals surface area contributed by atoms with E-state index in [1.54, 1.807) is 12.1 Å². The average Bonchev–Trinajstić information content (AvgIpc) is 2.73. The van der Waals surface area contributed by atoms with Gasteiger partial charge in [-0.2, -0.15) is 0 Å². The maximum Gasteiger partial charge on any atom is 0.252 e. The van der Waals surface area contributed by atoms with E-state index >= 15 is 0 Å². The first-order chi connectivity index (χ1) is 13.6. The summed E-state index contributed by atoms with van der Waals surface area (Å²) < 4.78 is 14.0. The Labute approximate surface area is 170 Å². The second-order valence-corrected chi connectivity index (χ2v) is 7.30. The van der Waals surface area contributed by atoms with Gasteiger partial charge in [-0.15, -0.1) is 0 Å². The van der Waals surface area contributed by atoms with E-state index in [1.807, 2.05) is 54.6 Å². The number of benzene rings is 3. The zero-order chi connectivity index (χ0) is 19.5. The zero-order valence-corrected chi connectivity index (χ0v) is 16.4. The number of pyridine rings is 1. The van der Waals surface area contributed by atoms with Crippen LogP contribution in [0.5, 0.6) is 0 Å². The summed E-state index contributed by atoms with van der Waals surface area (Å²) in [6.07, 6.45) is 0. The SMILES string of the molecule is O=C(NCc1ccc(F)cc1)c1cc(-c2ccc(Br)cc2)nc2ccccc12. The summed E-state index contributed by atoms with van der Waals surface area (Å²) in [5.41, 5.74) is 3.82. The largest absolute Gasteiger partial charge is 0.348 e. The molecule has 0 aliphatic rings. The Morgan fingerprint density at radius 3 is 2.43 bits per heavy atom. The summed E-state index contributed by atoms with van der Waals surface area (Å²) in [6.45, 7) is 0.323. The highest BCUT2D eigenvalue weighted by Crippen LogP contribution is 2.26. The third kappa shape index (κ3) is 3.94. The number of hydrogen-bond donors (Lipinski definition) is 1. The standard InChI is InChI=1S/C23H16BrFN2O/c24-17-9-7-16(8-10-17)22-13-20(19-3-1-2-4-21(19)27-22)23(28)26-14-15-5-11-18(25)12-6-15/h1-13H,14H2,(H,26,28). The van der Waals surface area contributed by atoms with Gasteiger partial charge in [-0.3, -0.25) is 4.79 Å². The monoisotopic (exact) mass is 434 g/mol. The molecule has 28 heavy (non-hydrogen) atoms. The molecule has 1 heterocycles. The van der Waals surface area contributed by atoms with Crippen LogP contribution in [0.15, 0.2) is 83.3 Å². The number of aromatic nitrogens is 1. The van der Waals surface area contributed by atoms with Gasteiger partial charge in [0.2, 0.25) is 0 Å². The van der Waals surface area contributed by atoms with Crippen LogP contribution < -0.4 is 5.32 Å². The summed E-state index contributed by atoms with van der Waals surface area (Å²) in [6, 6.07) is 23.3. The number of amides is 1. The van der Waals surface area contributed by atoms with Crippen molar-refractivity contribution in [1.82, 2.24) is 10.3 Å². The second-order valence-electron chi connectivity index (χ2n) is 6.39. The van der Waals surface area contributed by atoms with E-state index in [1.165, 1.54) is 12.1 Å². The molecule has 3 nitrogen and oxygen atoms in total. The molecule has 0 fully saturated rings. The van der Waals surface area contributed by atoms with Crippen molar-refractivity contribution < 1.29 is 9.18 Å². The highest BCUT2D eigenvalue weighted by molar-refractivity contribution is 9.10. The Kier molecular flexibility index (Phi) is 5.17. The summed E-state index contributed by atoms with van der Waals surface area (Å²) >= 11 is 3.43. The lowest BCUT2D eigenvalue weighted by atomic mass is 10.0. The van der Waals surface area contributed by atoms with Crippen molar-refractivity contribution in [3.63, 3.8) is 0 Å². The molecule has 0 aliphatic heterocycles. The maximum atomic E-state index is 13.1. The molecule has 0 atom stereocenters. The molecule has 1 amide bonds. The van der Waals surface area contributed by atoms with Crippen LogP contribution >= 0.6 is 15.9 Å². The average molecular weight is 435 g/mol. The van der Waals surface area contributed by atoms with E-state index < -0.39 is 0 Å². The molecule has 0 unspecified atom stereocenters. The van der Waals surface area contributed by atoms with Gasteiger partial charge in [-0.05, 0) is 42.0 Å². The second kappa shape index (κ2) is 7.90. The molecule has 0 saturated carbocycles. The van der Waals surface area contributed by atoms with Gasteiger partial charge in [-0.25, -0.2) is 9.37 Å². The number of fused-ring (bicyclic) bond motifs is 1. The Morgan fingerprint density at radius 1 is 0.964 bits per heavy atom. The van der Waals surface area contributed by atoms with Crippen molar-refractivity contribution in [1.29, 1.82) is 0 Å². The van der Waals surface area contributed by atoms with Gasteiger partial charge in [0.1, 0.15) is 5.82 Å². The minimum absolute atomic E-state index is 0.193. The first kappa shape index (κ1) is 18.3. The van der Waals surface area contributed by atoms with E-state index in [2.05, 4.69) is 21.2 Å². The van der Waals surface area contributed by atoms with Gasteiger partial charge in [0.05, 0.1) is 16.8 Å². The summed E-state index contributed by atoms with van der Waals surface area (Å²) in [5, 5.41) is 3.71. The normalized spacial score (nSPS) is 10.8. The minimum Gasteiger partial charge on any atom is -0.348 e. The van der Waals surface area contributed by atoms with E-state index in [4.69, 9.17) is 4.98 Å². The maximum absolute atomic E-state index is 13.1. The van der Waals surface area contributed by atoms with Gasteiger partial charge in [0, 0.05) is 22.0 Å². The molecule has 0 aliphatic carbocycles. The topological polar surface area (TPSA) is 42.0 Å². The van der Waals surface area contributed by atoms with Gasteiger partial charge in [0.25, 0.3) is 5.91 Å². The Balaban J connectivity index is 1.69. The van der Waals surface area contributed by atoms with Crippen molar-refractivity contribution >= 4 is 32.7 Å². The van der Waals surface area contributed by atoms with Gasteiger partial charge in [-0.1, -0.05) is 58.4 Å². The molecule has 5 heteroatoms. The predicted octanol–water partition coefficient (Wildman–Crippen LogP) is 5.73. The van der Waals surface area contributed by atoms with Gasteiger partial charge < -0.3 is 5.32 Å². The van der Waals surface area contributed by atoms with Crippen molar-refractivity contribution in [2.24, 2.45) is 0 Å². The number of nitrogens with one attached hydrogen (secondary N) is 1. The van der Waals surface area contributed by atoms with E-state index in [0.717, 1.165) is 32.2 Å². The van der Waals surface area contributed by atoms with Crippen LogP contribution in [0, 0.1) is 5.82 Å². The van der Waals surface area contributed by atoms with Crippen molar-refractivity contribution in [2.75, 3.05) is 0 Å². The highest BCUT2D eigenvalue weighted by Gasteiger charge is 2.14. The Morgan fingerprint density at radius 2 is 1.68 bits per heavy atom. The summed E-state index contributed by atoms with van der Waals surface area (Å²) in [4.78, 5) is 17.6. The third-order valence-electron chi connectivity index (χ3n) is 4.47. The molecular formula is C23H16BrFN2O. The van der Waals surface area contributed by atoms with Crippen LogP contribution in [0.3, 0.4) is 0 Å². The molecule has 0 spiro atoms. The number of halogens is 2. The third-order valence-corrected chi connectivity index (χ3v) is 5.00. The van der Waals surface area contributed by atoms with E-state index in [-0.39, 0.29) is 11.7 Å². The number of carbonyl (C=O) groups excluding carboxylic acids is 1. The number of hydrogen-bond acceptors (Lipinski definition) is 2. The fourth-order valence-electron chi connectivity index (χ4n) is 3.01. The molecule has 0 bridgehead atoms. The molecule has 3 aromatic carbocycles. The van der Waals surface area contributed by atoms with Crippen LogP contribution in [-0.2, 0) is 6.54 Å². The van der Waals surface area contributed by atoms with Crippen molar-refractivity contribution in [3.05, 3.63) is 100 Å². The molecule has 4 rings (SSSR count). The van der Waals surface area contributed by atoms with Crippen LogP contribution in [-0.4, -0.2) is 10.9 Å². The van der Waals surface area contributed by atoms with Crippen LogP contribution in [0.2, 0.25) is 0 Å². The molecule has 4 aromatic rings. The molecule has 0 saturated heterocycles. The quantitative estimate of drug-likeness (QED) is 0.445. The fraction of sp³-hybridized carbons (Fsp3) is 0.0435. The number of rotatable bonds is 4. The smallest absolute Gasteiger partial charge is 0.252 e. The molecule has 138 valence electrons. The van der Waals surface area contributed by atoms with Crippen LogP contribution in [0.4, 0.5) is 4.39 Å². The van der Waals surface area contributed by atoms with Crippen molar-refractivity contribution in [3.8, 4) is 11.3 Å². The summed E-state index contributed by atoms with van der Waals surface area (Å²) in [7, 11) is 0. The lowest BCUT2D eigenvalue weighted by Gasteiger charge is -2.11. The molecular weight excluding hydrogens is 419 g/mol. The summed E-state index contributed by atoms with van der Waals surface area (Å²) in [5.74, 6) is -0.490. The Bertz CT molecular complexity index is 1140. The van der Waals surface area contributed by atoms with Crippen molar-refractivity contribution in [2.45, 2.75) is 6.54 Å². The van der Waals surface area contributed by atoms with Gasteiger partial charge >= 0.3 is 0 Å². The lowest BCUT2D eigenvalue weighted by Crippen LogP contribution is -2.23. The first-order valence-electron chi connectivity index (χ1n) is 8.78. The molecule has 0 radical (unpaired) electrons. The number of para-hydroxylation sites is 1. The van der Waals surface area contributed by atoms with Crippen LogP contribution in [0.25, 0.3) is 22.2 Å². The fourth-order valence-corrected chi connectivity index (χ4v) is 3.28. The first-order valence-corrected chi connectivity index (χ1v) is 9.58. The Hall–Kier alpha value is -3.05. The van der Waals surface area contributed by atoms with E-state index in [9.17, 15) is 9.18 Å². The zero-order valence-electron chi connectivity index (χ0n) is 14.8. The highest BCUT2D eigenvalue weighted by atomic mass is 79.9. The van der Waals surface area contributed by atoms with Gasteiger partial charge in [0.15, 0.2) is 0 Å². The van der Waals surface area contributed by atoms with E-state index in [0.29, 0.717) is 12.1 Å².